The Morgan fingerprint density at radius 1 is 1.03 bits per heavy atom. The zero-order valence-electron chi connectivity index (χ0n) is 16.2. The standard InChI is InChI=1S/C21H16ClN3O6/c1-29-16-7-9-17(10-8-16)30-19-11-6-15(25(27)28)12-18(19)21(26)31-24-20(23)13-2-4-14(22)5-3-13/h2-12H,1H3,(H2,23,24). The van der Waals surface area contributed by atoms with Gasteiger partial charge < -0.3 is 20.0 Å². The number of benzene rings is 3. The maximum Gasteiger partial charge on any atom is 0.369 e. The molecule has 0 aromatic heterocycles. The molecule has 0 radical (unpaired) electrons. The van der Waals surface area contributed by atoms with Crippen molar-refractivity contribution in [2.75, 3.05) is 7.11 Å². The van der Waals surface area contributed by atoms with E-state index >= 15 is 0 Å². The second kappa shape index (κ2) is 9.59. The molecule has 31 heavy (non-hydrogen) atoms. The molecule has 0 fully saturated rings. The number of non-ortho nitro benzene ring substituents is 1. The molecular weight excluding hydrogens is 426 g/mol. The molecule has 10 heteroatoms. The van der Waals surface area contributed by atoms with E-state index in [1.54, 1.807) is 48.5 Å². The lowest BCUT2D eigenvalue weighted by Crippen LogP contribution is -2.15. The van der Waals surface area contributed by atoms with Gasteiger partial charge in [0.15, 0.2) is 5.84 Å². The van der Waals surface area contributed by atoms with Crippen LogP contribution in [0.25, 0.3) is 0 Å². The summed E-state index contributed by atoms with van der Waals surface area (Å²) in [6, 6.07) is 16.5. The van der Waals surface area contributed by atoms with Crippen molar-refractivity contribution in [2.45, 2.75) is 0 Å². The minimum absolute atomic E-state index is 0.0426. The molecular formula is C21H16ClN3O6. The third-order valence-corrected chi connectivity index (χ3v) is 4.30. The predicted molar refractivity (Wildman–Crippen MR) is 114 cm³/mol. The highest BCUT2D eigenvalue weighted by Gasteiger charge is 2.20. The molecule has 3 rings (SSSR count). The third kappa shape index (κ3) is 5.49. The summed E-state index contributed by atoms with van der Waals surface area (Å²) in [5, 5.41) is 15.2. The van der Waals surface area contributed by atoms with Gasteiger partial charge in [0.2, 0.25) is 0 Å². The number of halogens is 1. The Morgan fingerprint density at radius 2 is 1.68 bits per heavy atom. The summed E-state index contributed by atoms with van der Waals surface area (Å²) >= 11 is 5.82. The summed E-state index contributed by atoms with van der Waals surface area (Å²) in [6.45, 7) is 0. The lowest BCUT2D eigenvalue weighted by molar-refractivity contribution is -0.384. The van der Waals surface area contributed by atoms with Crippen LogP contribution in [0.5, 0.6) is 17.2 Å². The Balaban J connectivity index is 1.86. The van der Waals surface area contributed by atoms with Crippen molar-refractivity contribution in [3.05, 3.63) is 93.0 Å². The van der Waals surface area contributed by atoms with Gasteiger partial charge in [-0.3, -0.25) is 10.1 Å². The fourth-order valence-corrected chi connectivity index (χ4v) is 2.59. The molecule has 0 aliphatic rings. The number of carbonyl (C=O) groups excluding carboxylic acids is 1. The summed E-state index contributed by atoms with van der Waals surface area (Å²) in [6.07, 6.45) is 0. The fourth-order valence-electron chi connectivity index (χ4n) is 2.46. The van der Waals surface area contributed by atoms with Gasteiger partial charge in [-0.25, -0.2) is 4.79 Å². The molecule has 0 amide bonds. The topological polar surface area (TPSA) is 126 Å². The number of ether oxygens (including phenoxy) is 2. The Labute approximate surface area is 181 Å². The van der Waals surface area contributed by atoms with Crippen LogP contribution in [0.3, 0.4) is 0 Å². The van der Waals surface area contributed by atoms with Crippen LogP contribution < -0.4 is 15.2 Å². The van der Waals surface area contributed by atoms with E-state index in [1.165, 1.54) is 19.2 Å². The van der Waals surface area contributed by atoms with Crippen molar-refractivity contribution in [1.29, 1.82) is 0 Å². The number of rotatable bonds is 7. The number of nitrogens with two attached hydrogens (primary N) is 1. The highest BCUT2D eigenvalue weighted by molar-refractivity contribution is 6.30. The zero-order chi connectivity index (χ0) is 22.4. The minimum atomic E-state index is -0.982. The van der Waals surface area contributed by atoms with Crippen molar-refractivity contribution >= 4 is 29.1 Å². The molecule has 9 nitrogen and oxygen atoms in total. The first-order valence-electron chi connectivity index (χ1n) is 8.78. The van der Waals surface area contributed by atoms with E-state index in [1.807, 2.05) is 0 Å². The highest BCUT2D eigenvalue weighted by atomic mass is 35.5. The molecule has 0 aliphatic heterocycles. The first-order chi connectivity index (χ1) is 14.9. The fraction of sp³-hybridized carbons (Fsp3) is 0.0476. The van der Waals surface area contributed by atoms with Crippen LogP contribution in [0.2, 0.25) is 5.02 Å². The lowest BCUT2D eigenvalue weighted by atomic mass is 10.2. The van der Waals surface area contributed by atoms with Gasteiger partial charge in [0.25, 0.3) is 5.69 Å². The number of nitrogens with zero attached hydrogens (tertiary/aromatic N) is 2. The van der Waals surface area contributed by atoms with E-state index in [2.05, 4.69) is 5.16 Å². The maximum atomic E-state index is 12.6. The molecule has 0 unspecified atom stereocenters. The van der Waals surface area contributed by atoms with E-state index in [4.69, 9.17) is 31.6 Å². The summed E-state index contributed by atoms with van der Waals surface area (Å²) < 4.78 is 10.8. The monoisotopic (exact) mass is 441 g/mol. The van der Waals surface area contributed by atoms with Gasteiger partial charge in [0.1, 0.15) is 22.8 Å². The average Bonchev–Trinajstić information content (AvgIpc) is 2.78. The smallest absolute Gasteiger partial charge is 0.369 e. The maximum absolute atomic E-state index is 12.6. The number of oxime groups is 1. The number of carbonyl (C=O) groups is 1. The van der Waals surface area contributed by atoms with Crippen molar-refractivity contribution in [2.24, 2.45) is 10.9 Å². The van der Waals surface area contributed by atoms with Crippen molar-refractivity contribution < 1.29 is 24.0 Å². The van der Waals surface area contributed by atoms with Crippen LogP contribution >= 0.6 is 11.6 Å². The molecule has 0 heterocycles. The van der Waals surface area contributed by atoms with Gasteiger partial charge in [-0.1, -0.05) is 16.8 Å². The van der Waals surface area contributed by atoms with Gasteiger partial charge in [-0.05, 0) is 54.6 Å². The molecule has 158 valence electrons. The molecule has 0 saturated carbocycles. The van der Waals surface area contributed by atoms with Crippen LogP contribution in [0.15, 0.2) is 71.9 Å². The molecule has 3 aromatic rings. The highest BCUT2D eigenvalue weighted by Crippen LogP contribution is 2.30. The molecule has 0 aliphatic carbocycles. The van der Waals surface area contributed by atoms with Crippen LogP contribution in [0, 0.1) is 10.1 Å². The Bertz CT molecular complexity index is 1130. The largest absolute Gasteiger partial charge is 0.497 e. The summed E-state index contributed by atoms with van der Waals surface area (Å²) in [5.41, 5.74) is 5.78. The van der Waals surface area contributed by atoms with Crippen LogP contribution in [0.1, 0.15) is 15.9 Å². The molecule has 0 saturated heterocycles. The third-order valence-electron chi connectivity index (χ3n) is 4.05. The van der Waals surface area contributed by atoms with Gasteiger partial charge >= 0.3 is 5.97 Å². The van der Waals surface area contributed by atoms with Gasteiger partial charge in [0, 0.05) is 22.7 Å². The normalized spacial score (nSPS) is 11.0. The number of amidine groups is 1. The predicted octanol–water partition coefficient (Wildman–Crippen LogP) is 4.53. The van der Waals surface area contributed by atoms with Crippen LogP contribution in [0.4, 0.5) is 5.69 Å². The Kier molecular flexibility index (Phi) is 6.68. The zero-order valence-corrected chi connectivity index (χ0v) is 16.9. The van der Waals surface area contributed by atoms with Gasteiger partial charge in [0.05, 0.1) is 12.0 Å². The van der Waals surface area contributed by atoms with Crippen LogP contribution in [-0.4, -0.2) is 23.8 Å². The second-order valence-electron chi connectivity index (χ2n) is 6.08. The number of hydrogen-bond donors (Lipinski definition) is 1. The number of hydrogen-bond acceptors (Lipinski definition) is 7. The van der Waals surface area contributed by atoms with Crippen LogP contribution in [-0.2, 0) is 4.84 Å². The molecule has 0 atom stereocenters. The first-order valence-corrected chi connectivity index (χ1v) is 9.16. The minimum Gasteiger partial charge on any atom is -0.497 e. The van der Waals surface area contributed by atoms with E-state index < -0.39 is 10.9 Å². The van der Waals surface area contributed by atoms with Crippen molar-refractivity contribution in [3.63, 3.8) is 0 Å². The second-order valence-corrected chi connectivity index (χ2v) is 6.51. The van der Waals surface area contributed by atoms with Gasteiger partial charge in [-0.15, -0.1) is 0 Å². The lowest BCUT2D eigenvalue weighted by Gasteiger charge is -2.10. The SMILES string of the molecule is COc1ccc(Oc2ccc([N+](=O)[O-])cc2C(=O)O/N=C(\N)c2ccc(Cl)cc2)cc1. The number of nitro benzene ring substituents is 1. The average molecular weight is 442 g/mol. The molecule has 2 N–H and O–H groups in total. The summed E-state index contributed by atoms with van der Waals surface area (Å²) in [7, 11) is 1.52. The van der Waals surface area contributed by atoms with E-state index in [0.717, 1.165) is 6.07 Å². The number of methoxy groups -OCH3 is 1. The van der Waals surface area contributed by atoms with E-state index in [9.17, 15) is 14.9 Å². The summed E-state index contributed by atoms with van der Waals surface area (Å²) in [5.74, 6) is -0.0196. The Hall–Kier alpha value is -4.11. The van der Waals surface area contributed by atoms with E-state index in [0.29, 0.717) is 22.1 Å². The molecule has 3 aromatic carbocycles. The van der Waals surface area contributed by atoms with Crippen molar-refractivity contribution in [1.82, 2.24) is 0 Å². The number of nitro groups is 1. The molecule has 0 bridgehead atoms. The van der Waals surface area contributed by atoms with Gasteiger partial charge in [-0.2, -0.15) is 0 Å². The van der Waals surface area contributed by atoms with E-state index in [-0.39, 0.29) is 22.8 Å². The van der Waals surface area contributed by atoms with Crippen molar-refractivity contribution in [3.8, 4) is 17.2 Å². The first kappa shape index (κ1) is 21.6. The summed E-state index contributed by atoms with van der Waals surface area (Å²) in [4.78, 5) is 28.0. The Morgan fingerprint density at radius 3 is 2.29 bits per heavy atom. The quantitative estimate of drug-likeness (QED) is 0.187. The molecule has 0 spiro atoms.